The molecule has 5 rings (SSSR count). The zero-order chi connectivity index (χ0) is 24.0. The van der Waals surface area contributed by atoms with Crippen LogP contribution in [0.5, 0.6) is 0 Å². The lowest BCUT2D eigenvalue weighted by atomic mass is 10.1. The molecular weight excluding hydrogens is 434 g/mol. The van der Waals surface area contributed by atoms with Gasteiger partial charge in [-0.15, -0.1) is 0 Å². The summed E-state index contributed by atoms with van der Waals surface area (Å²) in [5.41, 5.74) is 6.27. The number of carbonyl (C=O) groups is 1. The third-order valence-corrected chi connectivity index (χ3v) is 6.44. The van der Waals surface area contributed by atoms with Crippen LogP contribution < -0.4 is 10.2 Å². The highest BCUT2D eigenvalue weighted by molar-refractivity contribution is 5.78. The van der Waals surface area contributed by atoms with E-state index in [4.69, 9.17) is 5.10 Å². The fourth-order valence-corrected chi connectivity index (χ4v) is 4.44. The molecule has 1 aliphatic heterocycles. The summed E-state index contributed by atoms with van der Waals surface area (Å²) in [5.74, 6) is -0.0105. The Morgan fingerprint density at radius 3 is 2.11 bits per heavy atom. The second kappa shape index (κ2) is 10.6. The number of nitrogens with one attached hydrogen (secondary N) is 1. The monoisotopic (exact) mass is 465 g/mol. The van der Waals surface area contributed by atoms with Gasteiger partial charge in [0.05, 0.1) is 30.2 Å². The van der Waals surface area contributed by atoms with E-state index in [0.29, 0.717) is 6.67 Å². The number of carbonyl (C=O) groups excluding carboxylic acids is 1. The van der Waals surface area contributed by atoms with Crippen molar-refractivity contribution < 1.29 is 4.79 Å². The molecule has 0 spiro atoms. The van der Waals surface area contributed by atoms with Crippen LogP contribution in [0, 0.1) is 6.92 Å². The number of hydrogen-bond acceptors (Lipinski definition) is 4. The molecule has 1 N–H and O–H groups in total. The minimum atomic E-state index is -0.0105. The van der Waals surface area contributed by atoms with Crippen molar-refractivity contribution >= 4 is 11.6 Å². The molecule has 1 aromatic heterocycles. The van der Waals surface area contributed by atoms with Crippen molar-refractivity contribution in [3.05, 3.63) is 102 Å². The summed E-state index contributed by atoms with van der Waals surface area (Å²) < 4.78 is 1.93. The topological polar surface area (TPSA) is 53.4 Å². The van der Waals surface area contributed by atoms with E-state index in [1.54, 1.807) is 0 Å². The Kier molecular flexibility index (Phi) is 6.91. The Morgan fingerprint density at radius 2 is 1.46 bits per heavy atom. The quantitative estimate of drug-likeness (QED) is 0.443. The van der Waals surface area contributed by atoms with Gasteiger partial charge in [0, 0.05) is 37.4 Å². The number of hydrogen-bond donors (Lipinski definition) is 1. The summed E-state index contributed by atoms with van der Waals surface area (Å²) in [6.45, 7) is 6.41. The van der Waals surface area contributed by atoms with Crippen LogP contribution in [0.2, 0.25) is 0 Å². The summed E-state index contributed by atoms with van der Waals surface area (Å²) in [4.78, 5) is 17.5. The van der Waals surface area contributed by atoms with E-state index >= 15 is 0 Å². The predicted molar refractivity (Wildman–Crippen MR) is 141 cm³/mol. The van der Waals surface area contributed by atoms with Gasteiger partial charge in [-0.3, -0.25) is 9.69 Å². The Hall–Kier alpha value is -3.90. The van der Waals surface area contributed by atoms with Crippen LogP contribution in [-0.2, 0) is 11.2 Å². The summed E-state index contributed by atoms with van der Waals surface area (Å²) in [6, 6.07) is 31.0. The highest BCUT2D eigenvalue weighted by Crippen LogP contribution is 2.25. The first-order chi connectivity index (χ1) is 17.2. The molecule has 178 valence electrons. The zero-order valence-electron chi connectivity index (χ0n) is 20.1. The highest BCUT2D eigenvalue weighted by atomic mass is 16.1. The van der Waals surface area contributed by atoms with Gasteiger partial charge in [-0.25, -0.2) is 4.68 Å². The molecule has 0 bridgehead atoms. The lowest BCUT2D eigenvalue weighted by Gasteiger charge is -2.36. The molecule has 1 amide bonds. The maximum Gasteiger partial charge on any atom is 0.227 e. The summed E-state index contributed by atoms with van der Waals surface area (Å²) in [6.07, 6.45) is 0.253. The van der Waals surface area contributed by atoms with Crippen molar-refractivity contribution in [2.24, 2.45) is 0 Å². The van der Waals surface area contributed by atoms with E-state index in [1.165, 1.54) is 11.3 Å². The Bertz CT molecular complexity index is 1240. The molecule has 0 saturated carbocycles. The Labute approximate surface area is 206 Å². The van der Waals surface area contributed by atoms with E-state index < -0.39 is 0 Å². The SMILES string of the molecule is Cc1ccc(-c2cc(CC(=O)NCN3CCN(c4ccccc4)CC3)nn2-c2ccccc2)cc1. The number of rotatable bonds is 7. The van der Waals surface area contributed by atoms with Crippen LogP contribution in [0.1, 0.15) is 11.3 Å². The molecule has 6 heteroatoms. The largest absolute Gasteiger partial charge is 0.369 e. The van der Waals surface area contributed by atoms with Crippen LogP contribution in [0.4, 0.5) is 5.69 Å². The van der Waals surface area contributed by atoms with Gasteiger partial charge in [-0.05, 0) is 37.3 Å². The van der Waals surface area contributed by atoms with Crippen LogP contribution in [-0.4, -0.2) is 53.4 Å². The van der Waals surface area contributed by atoms with E-state index in [0.717, 1.165) is 48.8 Å². The lowest BCUT2D eigenvalue weighted by Crippen LogP contribution is -2.50. The van der Waals surface area contributed by atoms with Crippen molar-refractivity contribution in [1.29, 1.82) is 0 Å². The minimum absolute atomic E-state index is 0.0105. The molecule has 1 aliphatic rings. The Morgan fingerprint density at radius 1 is 0.829 bits per heavy atom. The van der Waals surface area contributed by atoms with E-state index in [-0.39, 0.29) is 12.3 Å². The van der Waals surface area contributed by atoms with Gasteiger partial charge in [0.15, 0.2) is 0 Å². The standard InChI is InChI=1S/C29H31N5O/c1-23-12-14-24(15-13-23)28-20-25(31-34(28)27-10-6-3-7-11-27)21-29(35)30-22-32-16-18-33(19-17-32)26-8-4-2-5-9-26/h2-15,20H,16-19,21-22H2,1H3,(H,30,35). The summed E-state index contributed by atoms with van der Waals surface area (Å²) in [5, 5.41) is 7.88. The molecule has 2 heterocycles. The van der Waals surface area contributed by atoms with Gasteiger partial charge in [-0.2, -0.15) is 5.10 Å². The maximum absolute atomic E-state index is 12.8. The minimum Gasteiger partial charge on any atom is -0.369 e. The van der Waals surface area contributed by atoms with Crippen molar-refractivity contribution in [1.82, 2.24) is 20.0 Å². The maximum atomic E-state index is 12.8. The van der Waals surface area contributed by atoms with Crippen LogP contribution in [0.15, 0.2) is 91.0 Å². The average Bonchev–Trinajstić information content (AvgIpc) is 3.33. The second-order valence-corrected chi connectivity index (χ2v) is 9.01. The van der Waals surface area contributed by atoms with Crippen molar-refractivity contribution in [2.75, 3.05) is 37.7 Å². The van der Waals surface area contributed by atoms with Crippen molar-refractivity contribution in [3.8, 4) is 16.9 Å². The second-order valence-electron chi connectivity index (χ2n) is 9.01. The molecule has 1 saturated heterocycles. The van der Waals surface area contributed by atoms with Gasteiger partial charge in [-0.1, -0.05) is 66.2 Å². The first kappa shape index (κ1) is 22.9. The van der Waals surface area contributed by atoms with Crippen LogP contribution >= 0.6 is 0 Å². The molecule has 4 aromatic rings. The zero-order valence-corrected chi connectivity index (χ0v) is 20.1. The fourth-order valence-electron chi connectivity index (χ4n) is 4.44. The van der Waals surface area contributed by atoms with Gasteiger partial charge in [0.1, 0.15) is 0 Å². The number of amides is 1. The van der Waals surface area contributed by atoms with Crippen molar-refractivity contribution in [3.63, 3.8) is 0 Å². The molecule has 3 aromatic carbocycles. The molecule has 0 radical (unpaired) electrons. The van der Waals surface area contributed by atoms with Gasteiger partial charge >= 0.3 is 0 Å². The summed E-state index contributed by atoms with van der Waals surface area (Å²) in [7, 11) is 0. The molecule has 1 fully saturated rings. The molecular formula is C29H31N5O. The van der Waals surface area contributed by atoms with E-state index in [9.17, 15) is 4.79 Å². The first-order valence-electron chi connectivity index (χ1n) is 12.2. The number of anilines is 1. The Balaban J connectivity index is 1.21. The van der Waals surface area contributed by atoms with E-state index in [1.807, 2.05) is 47.1 Å². The van der Waals surface area contributed by atoms with Gasteiger partial charge < -0.3 is 10.2 Å². The fraction of sp³-hybridized carbons (Fsp3) is 0.241. The number of piperazine rings is 1. The predicted octanol–water partition coefficient (Wildman–Crippen LogP) is 4.29. The lowest BCUT2D eigenvalue weighted by molar-refractivity contribution is -0.121. The third kappa shape index (κ3) is 5.61. The number of nitrogens with zero attached hydrogens (tertiary/aromatic N) is 4. The van der Waals surface area contributed by atoms with Crippen LogP contribution in [0.25, 0.3) is 16.9 Å². The molecule has 35 heavy (non-hydrogen) atoms. The molecule has 0 aliphatic carbocycles. The van der Waals surface area contributed by atoms with Gasteiger partial charge in [0.25, 0.3) is 0 Å². The first-order valence-corrected chi connectivity index (χ1v) is 12.2. The molecule has 6 nitrogen and oxygen atoms in total. The highest BCUT2D eigenvalue weighted by Gasteiger charge is 2.18. The number of aromatic nitrogens is 2. The van der Waals surface area contributed by atoms with Crippen molar-refractivity contribution in [2.45, 2.75) is 13.3 Å². The number of benzene rings is 3. The molecule has 0 atom stereocenters. The van der Waals surface area contributed by atoms with Crippen LogP contribution in [0.3, 0.4) is 0 Å². The van der Waals surface area contributed by atoms with Gasteiger partial charge in [0.2, 0.25) is 5.91 Å². The smallest absolute Gasteiger partial charge is 0.227 e. The summed E-state index contributed by atoms with van der Waals surface area (Å²) >= 11 is 0. The van der Waals surface area contributed by atoms with E-state index in [2.05, 4.69) is 70.6 Å². The molecule has 0 unspecified atom stereocenters. The number of para-hydroxylation sites is 2. The third-order valence-electron chi connectivity index (χ3n) is 6.44. The number of aryl methyl sites for hydroxylation is 1. The average molecular weight is 466 g/mol. The normalized spacial score (nSPS) is 14.1.